The van der Waals surface area contributed by atoms with E-state index in [1.54, 1.807) is 97.6 Å². The Hall–Kier alpha value is -7.11. The van der Waals surface area contributed by atoms with E-state index in [0.717, 1.165) is 22.5 Å². The molecular formula is C74H93Cl2N9O21PS2Y-. The Morgan fingerprint density at radius 2 is 1.12 bits per heavy atom. The number of nitrogens with one attached hydrogen (secondary N) is 4. The number of Topliss-reactive ketones (excluding diaryl/α,β-unsaturated/α-hetero) is 1. The molecule has 8 N–H and O–H groups in total. The Morgan fingerprint density at radius 1 is 0.636 bits per heavy atom. The maximum Gasteiger partial charge on any atom is 0.524 e. The predicted molar refractivity (Wildman–Crippen MR) is 413 cm³/mol. The third kappa shape index (κ3) is 26.8. The first-order valence-electron chi connectivity index (χ1n) is 35.5. The second kappa shape index (κ2) is 45.6. The minimum Gasteiger partial charge on any atom is -0.783 e. The molecule has 6 aromatic rings. The number of likely N-dealkylation sites (N-methyl/N-ethyl adjacent to an activating group) is 2. The molecule has 110 heavy (non-hydrogen) atoms. The van der Waals surface area contributed by atoms with Crippen LogP contribution in [0.5, 0.6) is 11.5 Å². The summed E-state index contributed by atoms with van der Waals surface area (Å²) in [6.45, 7) is 8.33. The SMILES string of the molecule is CC(C)C(NC(=O)CCOCCOCCOCCOCCOCCOCCNC(=O)C[S-])C(=O)CC(CCCNC(N)=O)C(=O)Nc1ccc(COC(=O)N(C)CCN(C)C(=O)Oc2cc3c(c4ccccc24)C(CCl)CN3C(=O)c2ccc(C(=O)N3CC(CCl)c4c3cc(OP(=O)(O)O)c3ccccc43)s2)cc1.[Y]. The average molecular weight is 1700 g/mol. The zero-order valence-electron chi connectivity index (χ0n) is 61.6. The number of phosphoric acid groups is 1. The first-order chi connectivity index (χ1) is 52.4. The number of halogens is 2. The molecule has 9 amide bonds. The van der Waals surface area contributed by atoms with Gasteiger partial charge in [0.1, 0.15) is 18.1 Å². The van der Waals surface area contributed by atoms with Gasteiger partial charge in [-0.25, -0.2) is 18.9 Å². The minimum absolute atomic E-state index is 0. The molecule has 1 aromatic heterocycles. The van der Waals surface area contributed by atoms with Crippen LogP contribution in [-0.2, 0) is 109 Å². The first kappa shape index (κ1) is 90.1. The van der Waals surface area contributed by atoms with Crippen LogP contribution in [0.1, 0.15) is 87.4 Å². The number of alkyl halides is 2. The fourth-order valence-corrected chi connectivity index (χ4v) is 14.1. The van der Waals surface area contributed by atoms with Gasteiger partial charge in [-0.15, -0.1) is 34.5 Å². The summed E-state index contributed by atoms with van der Waals surface area (Å²) in [7, 11) is -2.00. The molecule has 4 atom stereocenters. The van der Waals surface area contributed by atoms with E-state index < -0.39 is 61.6 Å². The summed E-state index contributed by atoms with van der Waals surface area (Å²) >= 11 is 18.7. The van der Waals surface area contributed by atoms with E-state index in [0.29, 0.717) is 117 Å². The number of hydrogen-bond donors (Lipinski definition) is 7. The number of hydrogen-bond acceptors (Lipinski definition) is 21. The smallest absolute Gasteiger partial charge is 0.524 e. The first-order valence-corrected chi connectivity index (χ1v) is 39.5. The number of urea groups is 1. The van der Waals surface area contributed by atoms with Gasteiger partial charge >= 0.3 is 26.0 Å². The molecule has 8 rings (SSSR count). The number of ether oxygens (including phenoxy) is 8. The van der Waals surface area contributed by atoms with Gasteiger partial charge in [0.2, 0.25) is 11.8 Å². The Balaban J connectivity index is 0.0000168. The number of amides is 9. The molecule has 0 fully saturated rings. The molecule has 4 unspecified atom stereocenters. The zero-order chi connectivity index (χ0) is 78.6. The maximum atomic E-state index is 14.7. The molecule has 0 saturated heterocycles. The molecule has 2 aliphatic rings. The molecule has 0 bridgehead atoms. The fraction of sp³-hybridized carbons (Fsp3) is 0.473. The van der Waals surface area contributed by atoms with E-state index in [1.807, 2.05) is 12.1 Å². The largest absolute Gasteiger partial charge is 0.783 e. The molecule has 2 aliphatic heterocycles. The van der Waals surface area contributed by atoms with E-state index in [4.69, 9.17) is 71.4 Å². The van der Waals surface area contributed by atoms with Crippen LogP contribution >= 0.6 is 42.4 Å². The summed E-state index contributed by atoms with van der Waals surface area (Å²) in [5.74, 6) is -3.84. The standard InChI is InChI=1S/C74H94Cl2N9O21PS2.Y/c1-47(2)68(81-64(87)21-26-98-28-30-100-32-34-102-36-37-103-35-33-101-31-29-99-27-23-78-65(88)46-108)59(86)38-49(10-9-22-79-72(77)92)69(89)80-52-17-15-48(16-18-52)45-104-73(93)82(3)24-25-83(4)74(94)105-60-39-57-66(55-13-7-5-11-53(55)60)50(41-75)43-84(57)70(90)62-19-20-63(109-62)71(91)85-44-51(42-76)67-56-14-8-6-12-54(56)61(40-58(67)85)106-107(95,96)97;/h5-8,11-20,39-40,47,49-51,68,108H,9-10,21-38,41-46H2,1-4H3,(H,78,88)(H,80,89)(H,81,87)(H3,77,79,92)(H2,95,96,97);/p-1. The molecule has 595 valence electrons. The van der Waals surface area contributed by atoms with Crippen LogP contribution in [0.15, 0.2) is 97.1 Å². The van der Waals surface area contributed by atoms with Crippen LogP contribution in [0.2, 0.25) is 0 Å². The summed E-state index contributed by atoms with van der Waals surface area (Å²) in [6.07, 6.45) is -1.20. The number of benzene rings is 5. The average Bonchev–Trinajstić information content (AvgIpc) is 1.58. The van der Waals surface area contributed by atoms with Crippen LogP contribution in [0.3, 0.4) is 0 Å². The molecule has 0 aliphatic carbocycles. The fourth-order valence-electron chi connectivity index (χ4n) is 12.2. The van der Waals surface area contributed by atoms with Gasteiger partial charge in [0.15, 0.2) is 11.7 Å². The summed E-state index contributed by atoms with van der Waals surface area (Å²) in [6, 6.07) is 25.2. The normalized spacial score (nSPS) is 14.3. The van der Waals surface area contributed by atoms with Gasteiger partial charge in [0, 0.05) is 157 Å². The van der Waals surface area contributed by atoms with Crippen molar-refractivity contribution in [2.75, 3.05) is 165 Å². The summed E-state index contributed by atoms with van der Waals surface area (Å²) in [5, 5.41) is 13.1. The number of thiophene rings is 1. The Bertz CT molecular complexity index is 4170. The van der Waals surface area contributed by atoms with Crippen LogP contribution in [0.4, 0.5) is 31.4 Å². The van der Waals surface area contributed by atoms with Gasteiger partial charge in [-0.3, -0.25) is 38.6 Å². The van der Waals surface area contributed by atoms with Gasteiger partial charge in [0.25, 0.3) is 11.8 Å². The number of rotatable bonds is 45. The van der Waals surface area contributed by atoms with E-state index in [2.05, 4.69) is 33.9 Å². The summed E-state index contributed by atoms with van der Waals surface area (Å²) in [4.78, 5) is 145. The molecule has 0 spiro atoms. The Kier molecular flexibility index (Phi) is 37.3. The van der Waals surface area contributed by atoms with Crippen molar-refractivity contribution in [1.29, 1.82) is 0 Å². The van der Waals surface area contributed by atoms with Crippen molar-refractivity contribution in [2.24, 2.45) is 17.6 Å². The van der Waals surface area contributed by atoms with Crippen LogP contribution in [0, 0.1) is 11.8 Å². The van der Waals surface area contributed by atoms with Crippen molar-refractivity contribution in [1.82, 2.24) is 25.8 Å². The molecule has 0 saturated carbocycles. The molecule has 36 heteroatoms. The molecular weight excluding hydrogens is 1610 g/mol. The van der Waals surface area contributed by atoms with Crippen molar-refractivity contribution in [2.45, 2.75) is 64.0 Å². The number of phosphoric ester groups is 1. The summed E-state index contributed by atoms with van der Waals surface area (Å²) in [5.41, 5.74) is 8.55. The Morgan fingerprint density at radius 3 is 1.61 bits per heavy atom. The quantitative estimate of drug-likeness (QED) is 0.00815. The van der Waals surface area contributed by atoms with Crippen LogP contribution in [-0.4, -0.2) is 229 Å². The van der Waals surface area contributed by atoms with Crippen molar-refractivity contribution in [3.8, 4) is 11.5 Å². The number of carbonyl (C=O) groups is 9. The van der Waals surface area contributed by atoms with Gasteiger partial charge in [-0.2, -0.15) is 0 Å². The number of primary amides is 1. The second-order valence-electron chi connectivity index (χ2n) is 25.9. The van der Waals surface area contributed by atoms with E-state index >= 15 is 0 Å². The van der Waals surface area contributed by atoms with Crippen molar-refractivity contribution >= 4 is 147 Å². The number of carbonyl (C=O) groups excluding carboxylic acids is 9. The molecule has 3 heterocycles. The maximum absolute atomic E-state index is 14.7. The molecule has 1 radical (unpaired) electrons. The minimum atomic E-state index is -5.01. The van der Waals surface area contributed by atoms with Gasteiger partial charge in [0.05, 0.1) is 106 Å². The number of fused-ring (bicyclic) bond motifs is 6. The van der Waals surface area contributed by atoms with Gasteiger partial charge in [-0.05, 0) is 70.5 Å². The number of nitrogens with two attached hydrogens (primary N) is 1. The van der Waals surface area contributed by atoms with Crippen molar-refractivity contribution in [3.63, 3.8) is 0 Å². The number of anilines is 3. The van der Waals surface area contributed by atoms with Crippen molar-refractivity contribution in [3.05, 3.63) is 124 Å². The molecule has 30 nitrogen and oxygen atoms in total. The van der Waals surface area contributed by atoms with Crippen molar-refractivity contribution < 1.29 is 133 Å². The monoisotopic (exact) mass is 1700 g/mol. The Labute approximate surface area is 682 Å². The summed E-state index contributed by atoms with van der Waals surface area (Å²) < 4.78 is 61.8. The number of nitrogens with zero attached hydrogens (tertiary/aromatic N) is 4. The van der Waals surface area contributed by atoms with Gasteiger partial charge in [-0.1, -0.05) is 80.3 Å². The van der Waals surface area contributed by atoms with Gasteiger partial charge < -0.3 is 102 Å². The third-order valence-corrected chi connectivity index (χ3v) is 20.3. The topological polar surface area (TPSA) is 381 Å². The zero-order valence-corrected chi connectivity index (χ0v) is 68.5. The van der Waals surface area contributed by atoms with Crippen LogP contribution < -0.4 is 46.1 Å². The molecule has 5 aromatic carbocycles. The second-order valence-corrected chi connectivity index (χ2v) is 29.1. The third-order valence-electron chi connectivity index (χ3n) is 17.7. The predicted octanol–water partition coefficient (Wildman–Crippen LogP) is 8.44. The van der Waals surface area contributed by atoms with Crippen LogP contribution in [0.25, 0.3) is 21.5 Å². The van der Waals surface area contributed by atoms with E-state index in [9.17, 15) is 57.5 Å². The number of ketones is 1. The van der Waals surface area contributed by atoms with E-state index in [-0.39, 0.29) is 179 Å². The van der Waals surface area contributed by atoms with E-state index in [1.165, 1.54) is 34.9 Å².